The van der Waals surface area contributed by atoms with E-state index < -0.39 is 0 Å². The molecule has 1 heterocycles. The van der Waals surface area contributed by atoms with E-state index >= 15 is 0 Å². The van der Waals surface area contributed by atoms with Crippen LogP contribution in [0.2, 0.25) is 10.0 Å². The van der Waals surface area contributed by atoms with Gasteiger partial charge in [0.1, 0.15) is 6.54 Å². The molecule has 0 fully saturated rings. The molecule has 0 aliphatic heterocycles. The molecule has 7 heteroatoms. The van der Waals surface area contributed by atoms with Crippen molar-refractivity contribution >= 4 is 57.1 Å². The molecule has 4 aromatic rings. The number of hydrazone groups is 1. The maximum atomic E-state index is 12.8. The van der Waals surface area contributed by atoms with Crippen LogP contribution in [-0.2, 0) is 11.3 Å². The standard InChI is InChI=1S/C22H15Cl2N3O2/c23-15-10-9-14(18(24)11-15)12-25-26-21(28)13-27-19-7-3-1-5-16(19)22(29)17-6-2-4-8-20(17)27/h1-12H,13H2,(H,26,28)/b25-12-. The summed E-state index contributed by atoms with van der Waals surface area (Å²) in [5.74, 6) is -0.328. The number of carbonyl (C=O) groups is 1. The number of hydrogen-bond acceptors (Lipinski definition) is 3. The highest BCUT2D eigenvalue weighted by atomic mass is 35.5. The number of nitrogens with zero attached hydrogens (tertiary/aromatic N) is 2. The first-order valence-electron chi connectivity index (χ1n) is 8.82. The molecular weight excluding hydrogens is 409 g/mol. The number of hydrogen-bond donors (Lipinski definition) is 1. The van der Waals surface area contributed by atoms with E-state index in [4.69, 9.17) is 23.2 Å². The lowest BCUT2D eigenvalue weighted by molar-refractivity contribution is -0.121. The molecule has 0 atom stereocenters. The molecule has 29 heavy (non-hydrogen) atoms. The molecule has 144 valence electrons. The quantitative estimate of drug-likeness (QED) is 0.295. The highest BCUT2D eigenvalue weighted by molar-refractivity contribution is 6.36. The first-order chi connectivity index (χ1) is 14.0. The van der Waals surface area contributed by atoms with Crippen LogP contribution in [-0.4, -0.2) is 16.7 Å². The van der Waals surface area contributed by atoms with Gasteiger partial charge in [-0.15, -0.1) is 0 Å². The van der Waals surface area contributed by atoms with Crippen LogP contribution in [0.25, 0.3) is 21.8 Å². The maximum Gasteiger partial charge on any atom is 0.260 e. The summed E-state index contributed by atoms with van der Waals surface area (Å²) in [5, 5.41) is 6.07. The van der Waals surface area contributed by atoms with Gasteiger partial charge in [0.15, 0.2) is 5.43 Å². The highest BCUT2D eigenvalue weighted by Crippen LogP contribution is 2.20. The summed E-state index contributed by atoms with van der Waals surface area (Å²) >= 11 is 12.0. The van der Waals surface area contributed by atoms with E-state index in [1.807, 2.05) is 41.0 Å². The lowest BCUT2D eigenvalue weighted by Gasteiger charge is -2.14. The first-order valence-corrected chi connectivity index (χ1v) is 9.57. The van der Waals surface area contributed by atoms with Gasteiger partial charge in [-0.3, -0.25) is 9.59 Å². The van der Waals surface area contributed by atoms with Gasteiger partial charge in [-0.2, -0.15) is 5.10 Å². The number of halogens is 2. The van der Waals surface area contributed by atoms with Crippen LogP contribution in [0, 0.1) is 0 Å². The zero-order chi connectivity index (χ0) is 20.4. The van der Waals surface area contributed by atoms with Crippen molar-refractivity contribution in [2.75, 3.05) is 0 Å². The number of pyridine rings is 1. The smallest absolute Gasteiger partial charge is 0.260 e. The Morgan fingerprint density at radius 2 is 1.59 bits per heavy atom. The first kappa shape index (κ1) is 19.2. The molecule has 5 nitrogen and oxygen atoms in total. The van der Waals surface area contributed by atoms with Gasteiger partial charge in [0, 0.05) is 21.4 Å². The Morgan fingerprint density at radius 1 is 0.966 bits per heavy atom. The minimum absolute atomic E-state index is 0.00694. The SMILES string of the molecule is O=C(Cn1c2ccccc2c(=O)c2ccccc21)N/N=C\c1ccc(Cl)cc1Cl. The van der Waals surface area contributed by atoms with E-state index in [-0.39, 0.29) is 17.9 Å². The van der Waals surface area contributed by atoms with Gasteiger partial charge in [-0.05, 0) is 36.4 Å². The zero-order valence-electron chi connectivity index (χ0n) is 15.1. The normalized spacial score (nSPS) is 11.4. The Hall–Kier alpha value is -3.15. The van der Waals surface area contributed by atoms with E-state index in [1.165, 1.54) is 6.21 Å². The number of rotatable bonds is 4. The number of aromatic nitrogens is 1. The van der Waals surface area contributed by atoms with Crippen molar-refractivity contribution in [2.45, 2.75) is 6.54 Å². The van der Waals surface area contributed by atoms with Crippen LogP contribution >= 0.6 is 23.2 Å². The van der Waals surface area contributed by atoms with Crippen LogP contribution in [0.4, 0.5) is 0 Å². The average Bonchev–Trinajstić information content (AvgIpc) is 2.73. The van der Waals surface area contributed by atoms with Gasteiger partial charge in [0.25, 0.3) is 5.91 Å². The number of carbonyl (C=O) groups excluding carboxylic acids is 1. The molecule has 0 saturated heterocycles. The molecule has 0 aliphatic rings. The highest BCUT2D eigenvalue weighted by Gasteiger charge is 2.12. The third kappa shape index (κ3) is 3.88. The Labute approximate surface area is 176 Å². The third-order valence-corrected chi connectivity index (χ3v) is 5.10. The summed E-state index contributed by atoms with van der Waals surface area (Å²) in [4.78, 5) is 25.3. The van der Waals surface area contributed by atoms with Crippen molar-refractivity contribution in [1.29, 1.82) is 0 Å². The number of para-hydroxylation sites is 2. The average molecular weight is 424 g/mol. The monoisotopic (exact) mass is 423 g/mol. The van der Waals surface area contributed by atoms with E-state index in [0.717, 1.165) is 0 Å². The van der Waals surface area contributed by atoms with Crippen LogP contribution in [0.3, 0.4) is 0 Å². The van der Waals surface area contributed by atoms with E-state index in [2.05, 4.69) is 10.5 Å². The number of fused-ring (bicyclic) bond motifs is 2. The molecule has 0 unspecified atom stereocenters. The fourth-order valence-electron chi connectivity index (χ4n) is 3.21. The lowest BCUT2D eigenvalue weighted by Crippen LogP contribution is -2.25. The van der Waals surface area contributed by atoms with Crippen molar-refractivity contribution in [3.05, 3.63) is 92.6 Å². The van der Waals surface area contributed by atoms with Gasteiger partial charge >= 0.3 is 0 Å². The topological polar surface area (TPSA) is 63.5 Å². The summed E-state index contributed by atoms with van der Waals surface area (Å²) in [6.45, 7) is 0.00694. The van der Waals surface area contributed by atoms with Gasteiger partial charge in [-0.1, -0.05) is 53.5 Å². The second-order valence-corrected chi connectivity index (χ2v) is 7.25. The Bertz CT molecular complexity index is 1270. The maximum absolute atomic E-state index is 12.8. The summed E-state index contributed by atoms with van der Waals surface area (Å²) in [7, 11) is 0. The van der Waals surface area contributed by atoms with Gasteiger partial charge in [0.05, 0.1) is 22.3 Å². The molecular formula is C22H15Cl2N3O2. The molecule has 1 aromatic heterocycles. The molecule has 4 rings (SSSR count). The fourth-order valence-corrected chi connectivity index (χ4v) is 3.66. The predicted octanol–water partition coefficient (Wildman–Crippen LogP) is 4.61. The number of benzene rings is 3. The summed E-state index contributed by atoms with van der Waals surface area (Å²) in [5.41, 5.74) is 4.47. The van der Waals surface area contributed by atoms with E-state index in [9.17, 15) is 9.59 Å². The van der Waals surface area contributed by atoms with Crippen LogP contribution < -0.4 is 10.9 Å². The summed E-state index contributed by atoms with van der Waals surface area (Å²) in [6.07, 6.45) is 1.46. The second kappa shape index (κ2) is 8.07. The lowest BCUT2D eigenvalue weighted by atomic mass is 10.1. The van der Waals surface area contributed by atoms with Gasteiger partial charge in [0.2, 0.25) is 0 Å². The van der Waals surface area contributed by atoms with Crippen molar-refractivity contribution in [1.82, 2.24) is 9.99 Å². The summed E-state index contributed by atoms with van der Waals surface area (Å²) < 4.78 is 1.81. The predicted molar refractivity (Wildman–Crippen MR) is 118 cm³/mol. The Kier molecular flexibility index (Phi) is 5.34. The molecule has 0 spiro atoms. The van der Waals surface area contributed by atoms with Crippen molar-refractivity contribution in [3.8, 4) is 0 Å². The number of nitrogens with one attached hydrogen (secondary N) is 1. The molecule has 1 amide bonds. The third-order valence-electron chi connectivity index (χ3n) is 4.54. The van der Waals surface area contributed by atoms with Gasteiger partial charge < -0.3 is 4.57 Å². The van der Waals surface area contributed by atoms with Gasteiger partial charge in [-0.25, -0.2) is 5.43 Å². The Balaban J connectivity index is 1.65. The van der Waals surface area contributed by atoms with E-state index in [0.29, 0.717) is 37.4 Å². The van der Waals surface area contributed by atoms with Crippen molar-refractivity contribution in [3.63, 3.8) is 0 Å². The zero-order valence-corrected chi connectivity index (χ0v) is 16.6. The molecule has 3 aromatic carbocycles. The molecule has 0 saturated carbocycles. The molecule has 1 N–H and O–H groups in total. The largest absolute Gasteiger partial charge is 0.331 e. The minimum atomic E-state index is -0.328. The van der Waals surface area contributed by atoms with Crippen LogP contribution in [0.1, 0.15) is 5.56 Å². The summed E-state index contributed by atoms with van der Waals surface area (Å²) in [6, 6.07) is 19.5. The van der Waals surface area contributed by atoms with Crippen molar-refractivity contribution in [2.24, 2.45) is 5.10 Å². The minimum Gasteiger partial charge on any atom is -0.331 e. The van der Waals surface area contributed by atoms with Crippen LogP contribution in [0.15, 0.2) is 76.6 Å². The molecule has 0 radical (unpaired) electrons. The number of amides is 1. The molecule has 0 bridgehead atoms. The Morgan fingerprint density at radius 3 is 2.21 bits per heavy atom. The molecule has 0 aliphatic carbocycles. The van der Waals surface area contributed by atoms with Crippen molar-refractivity contribution < 1.29 is 4.79 Å². The van der Waals surface area contributed by atoms with E-state index in [1.54, 1.807) is 30.3 Å². The van der Waals surface area contributed by atoms with Crippen LogP contribution in [0.5, 0.6) is 0 Å². The second-order valence-electron chi connectivity index (χ2n) is 6.41. The fraction of sp³-hybridized carbons (Fsp3) is 0.0455.